The molecular formula is C20H17ClN4O2S. The van der Waals surface area contributed by atoms with Crippen molar-refractivity contribution in [2.45, 2.75) is 0 Å². The SMILES string of the molecule is CN1C(=O)/C(=C\c2ccc3c(c2)n(C)c(=O)n3C)SC1=Nc1ccccc1Cl. The molecule has 3 aromatic rings. The van der Waals surface area contributed by atoms with Gasteiger partial charge >= 0.3 is 5.69 Å². The number of halogens is 1. The summed E-state index contributed by atoms with van der Waals surface area (Å²) in [5.41, 5.74) is 3.04. The van der Waals surface area contributed by atoms with Crippen LogP contribution >= 0.6 is 23.4 Å². The highest BCUT2D eigenvalue weighted by atomic mass is 35.5. The van der Waals surface area contributed by atoms with Crippen LogP contribution in [-0.2, 0) is 18.9 Å². The Hall–Kier alpha value is -2.77. The molecule has 1 aliphatic heterocycles. The van der Waals surface area contributed by atoms with Crippen LogP contribution in [-0.4, -0.2) is 32.2 Å². The number of para-hydroxylation sites is 1. The third-order valence-electron chi connectivity index (χ3n) is 4.67. The molecule has 1 amide bonds. The number of amides is 1. The molecule has 0 atom stereocenters. The summed E-state index contributed by atoms with van der Waals surface area (Å²) in [4.78, 5) is 31.3. The third kappa shape index (κ3) is 3.06. The molecule has 1 fully saturated rings. The van der Waals surface area contributed by atoms with Crippen molar-refractivity contribution in [3.8, 4) is 0 Å². The molecule has 6 nitrogen and oxygen atoms in total. The Bertz CT molecular complexity index is 1240. The summed E-state index contributed by atoms with van der Waals surface area (Å²) >= 11 is 7.47. The standard InChI is InChI=1S/C20H17ClN4O2S/c1-23-15-9-8-12(10-16(15)24(2)20(23)27)11-17-18(26)25(3)19(28-17)22-14-7-5-4-6-13(14)21/h4-11H,1-3H3/b17-11+,22-19?. The molecule has 2 aromatic carbocycles. The molecule has 0 saturated carbocycles. The number of likely N-dealkylation sites (N-methyl/N-ethyl adjacent to an activating group) is 1. The van der Waals surface area contributed by atoms with Crippen molar-refractivity contribution in [2.75, 3.05) is 7.05 Å². The molecule has 1 aromatic heterocycles. The van der Waals surface area contributed by atoms with E-state index in [9.17, 15) is 9.59 Å². The largest absolute Gasteiger partial charge is 0.328 e. The van der Waals surface area contributed by atoms with Crippen molar-refractivity contribution in [3.63, 3.8) is 0 Å². The second-order valence-electron chi connectivity index (χ2n) is 6.47. The maximum absolute atomic E-state index is 12.6. The number of aromatic nitrogens is 2. The minimum absolute atomic E-state index is 0.0833. The van der Waals surface area contributed by atoms with E-state index >= 15 is 0 Å². The van der Waals surface area contributed by atoms with Crippen LogP contribution in [0.25, 0.3) is 17.1 Å². The Morgan fingerprint density at radius 1 is 1.00 bits per heavy atom. The number of carbonyl (C=O) groups is 1. The molecule has 1 saturated heterocycles. The van der Waals surface area contributed by atoms with E-state index in [-0.39, 0.29) is 11.6 Å². The van der Waals surface area contributed by atoms with E-state index in [0.717, 1.165) is 16.6 Å². The van der Waals surface area contributed by atoms with E-state index in [1.807, 2.05) is 36.4 Å². The molecule has 0 radical (unpaired) electrons. The van der Waals surface area contributed by atoms with Crippen LogP contribution in [0.3, 0.4) is 0 Å². The van der Waals surface area contributed by atoms with Gasteiger partial charge in [-0.1, -0.05) is 29.8 Å². The van der Waals surface area contributed by atoms with Gasteiger partial charge in [0.05, 0.1) is 26.6 Å². The van der Waals surface area contributed by atoms with Crippen LogP contribution in [0.15, 0.2) is 57.2 Å². The Morgan fingerprint density at radius 2 is 1.71 bits per heavy atom. The molecule has 8 heteroatoms. The van der Waals surface area contributed by atoms with Gasteiger partial charge in [-0.25, -0.2) is 9.79 Å². The second kappa shape index (κ2) is 7.00. The highest BCUT2D eigenvalue weighted by molar-refractivity contribution is 8.18. The summed E-state index contributed by atoms with van der Waals surface area (Å²) < 4.78 is 3.20. The van der Waals surface area contributed by atoms with Crippen LogP contribution in [0, 0.1) is 0 Å². The quantitative estimate of drug-likeness (QED) is 0.602. The first kappa shape index (κ1) is 18.6. The normalized spacial score (nSPS) is 17.4. The molecule has 1 aliphatic rings. The average molecular weight is 413 g/mol. The van der Waals surface area contributed by atoms with E-state index < -0.39 is 0 Å². The van der Waals surface area contributed by atoms with Crippen molar-refractivity contribution >= 4 is 57.2 Å². The molecule has 28 heavy (non-hydrogen) atoms. The Labute approximate surface area is 170 Å². The smallest absolute Gasteiger partial charge is 0.295 e. The first-order valence-corrected chi connectivity index (χ1v) is 9.72. The lowest BCUT2D eigenvalue weighted by Gasteiger charge is -2.07. The molecule has 2 heterocycles. The van der Waals surface area contributed by atoms with Gasteiger partial charge in [-0.3, -0.25) is 18.8 Å². The first-order valence-electron chi connectivity index (χ1n) is 8.53. The first-order chi connectivity index (χ1) is 13.4. The number of amidine groups is 1. The highest BCUT2D eigenvalue weighted by Crippen LogP contribution is 2.35. The zero-order valence-electron chi connectivity index (χ0n) is 15.5. The predicted octanol–water partition coefficient (Wildman–Crippen LogP) is 3.76. The number of hydrogen-bond donors (Lipinski definition) is 0. The number of aryl methyl sites for hydroxylation is 2. The minimum atomic E-state index is -0.127. The Balaban J connectivity index is 1.72. The van der Waals surface area contributed by atoms with Crippen LogP contribution in [0.2, 0.25) is 5.02 Å². The number of aliphatic imine (C=N–C) groups is 1. The lowest BCUT2D eigenvalue weighted by atomic mass is 10.2. The van der Waals surface area contributed by atoms with Gasteiger partial charge < -0.3 is 0 Å². The van der Waals surface area contributed by atoms with Gasteiger partial charge in [-0.2, -0.15) is 0 Å². The van der Waals surface area contributed by atoms with E-state index in [0.29, 0.717) is 20.8 Å². The van der Waals surface area contributed by atoms with Crippen molar-refractivity contribution in [1.82, 2.24) is 14.0 Å². The van der Waals surface area contributed by atoms with Crippen LogP contribution in [0.1, 0.15) is 5.56 Å². The molecule has 0 spiro atoms. The number of carbonyl (C=O) groups excluding carboxylic acids is 1. The zero-order valence-corrected chi connectivity index (χ0v) is 17.1. The zero-order chi connectivity index (χ0) is 20.0. The van der Waals surface area contributed by atoms with Crippen molar-refractivity contribution in [3.05, 3.63) is 68.4 Å². The summed E-state index contributed by atoms with van der Waals surface area (Å²) in [6.45, 7) is 0. The number of imidazole rings is 1. The lowest BCUT2D eigenvalue weighted by molar-refractivity contribution is -0.121. The molecule has 0 bridgehead atoms. The fourth-order valence-electron chi connectivity index (χ4n) is 3.06. The molecule has 0 unspecified atom stereocenters. The number of benzene rings is 2. The average Bonchev–Trinajstić information content (AvgIpc) is 3.07. The third-order valence-corrected chi connectivity index (χ3v) is 6.05. The van der Waals surface area contributed by atoms with Gasteiger partial charge in [-0.15, -0.1) is 0 Å². The summed E-state index contributed by atoms with van der Waals surface area (Å²) in [5.74, 6) is -0.127. The van der Waals surface area contributed by atoms with Gasteiger partial charge in [-0.05, 0) is 47.7 Å². The number of nitrogens with zero attached hydrogens (tertiary/aromatic N) is 4. The predicted molar refractivity (Wildman–Crippen MR) is 115 cm³/mol. The van der Waals surface area contributed by atoms with Crippen molar-refractivity contribution < 1.29 is 4.79 Å². The molecular weight excluding hydrogens is 396 g/mol. The van der Waals surface area contributed by atoms with Gasteiger partial charge in [0.1, 0.15) is 0 Å². The van der Waals surface area contributed by atoms with Crippen LogP contribution < -0.4 is 5.69 Å². The summed E-state index contributed by atoms with van der Waals surface area (Å²) in [5, 5.41) is 1.10. The monoisotopic (exact) mass is 412 g/mol. The fraction of sp³-hybridized carbons (Fsp3) is 0.150. The van der Waals surface area contributed by atoms with Crippen LogP contribution in [0.4, 0.5) is 5.69 Å². The molecule has 4 rings (SSSR count). The molecule has 0 aliphatic carbocycles. The van der Waals surface area contributed by atoms with Gasteiger partial charge in [0.15, 0.2) is 5.17 Å². The highest BCUT2D eigenvalue weighted by Gasteiger charge is 2.30. The number of thioether (sulfide) groups is 1. The summed E-state index contributed by atoms with van der Waals surface area (Å²) in [6.07, 6.45) is 1.82. The van der Waals surface area contributed by atoms with Crippen molar-refractivity contribution in [1.29, 1.82) is 0 Å². The van der Waals surface area contributed by atoms with Gasteiger partial charge in [0.25, 0.3) is 5.91 Å². The minimum Gasteiger partial charge on any atom is -0.295 e. The van der Waals surface area contributed by atoms with Gasteiger partial charge in [0, 0.05) is 21.1 Å². The Morgan fingerprint density at radius 3 is 2.46 bits per heavy atom. The van der Waals surface area contributed by atoms with E-state index in [1.165, 1.54) is 16.7 Å². The topological polar surface area (TPSA) is 59.6 Å². The Kier molecular flexibility index (Phi) is 4.64. The van der Waals surface area contributed by atoms with E-state index in [2.05, 4.69) is 4.99 Å². The maximum Gasteiger partial charge on any atom is 0.328 e. The summed E-state index contributed by atoms with van der Waals surface area (Å²) in [6, 6.07) is 12.9. The number of rotatable bonds is 2. The lowest BCUT2D eigenvalue weighted by Crippen LogP contribution is -2.23. The fourth-order valence-corrected chi connectivity index (χ4v) is 4.22. The summed E-state index contributed by atoms with van der Waals surface area (Å²) in [7, 11) is 5.17. The molecule has 142 valence electrons. The van der Waals surface area contributed by atoms with E-state index in [4.69, 9.17) is 11.6 Å². The molecule has 0 N–H and O–H groups in total. The van der Waals surface area contributed by atoms with E-state index in [1.54, 1.807) is 42.4 Å². The van der Waals surface area contributed by atoms with Crippen LogP contribution in [0.5, 0.6) is 0 Å². The number of fused-ring (bicyclic) bond motifs is 1. The van der Waals surface area contributed by atoms with Gasteiger partial charge in [0.2, 0.25) is 0 Å². The van der Waals surface area contributed by atoms with Crippen molar-refractivity contribution in [2.24, 2.45) is 19.1 Å². The maximum atomic E-state index is 12.6. The second-order valence-corrected chi connectivity index (χ2v) is 7.89. The number of hydrogen-bond acceptors (Lipinski definition) is 4.